The minimum atomic E-state index is 0.700. The molecule has 1 heteroatoms. The SMILES string of the molecule is CC[C@@H](c1ccccc1)[C@@H]1CCCCN1. The smallest absolute Gasteiger partial charge is 0.0136 e. The van der Waals surface area contributed by atoms with Gasteiger partial charge in [0, 0.05) is 6.04 Å². The standard InChI is InChI=1S/C14H21N/c1-2-13(12-8-4-3-5-9-12)14-10-6-7-11-15-14/h3-5,8-9,13-15H,2,6-7,10-11H2,1H3/t13-,14-/m0/s1. The van der Waals surface area contributed by atoms with Gasteiger partial charge in [-0.1, -0.05) is 43.7 Å². The zero-order chi connectivity index (χ0) is 10.5. The molecule has 1 heterocycles. The van der Waals surface area contributed by atoms with Crippen LogP contribution in [0.25, 0.3) is 0 Å². The molecule has 1 aromatic rings. The van der Waals surface area contributed by atoms with Crippen molar-refractivity contribution in [2.24, 2.45) is 0 Å². The molecule has 0 aromatic heterocycles. The van der Waals surface area contributed by atoms with Crippen molar-refractivity contribution in [3.05, 3.63) is 35.9 Å². The van der Waals surface area contributed by atoms with Crippen LogP contribution in [0.1, 0.15) is 44.1 Å². The Labute approximate surface area is 92.9 Å². The van der Waals surface area contributed by atoms with E-state index in [9.17, 15) is 0 Å². The molecule has 0 aliphatic carbocycles. The van der Waals surface area contributed by atoms with E-state index in [0.717, 1.165) is 0 Å². The first kappa shape index (κ1) is 10.7. The van der Waals surface area contributed by atoms with Crippen molar-refractivity contribution in [3.63, 3.8) is 0 Å². The summed E-state index contributed by atoms with van der Waals surface area (Å²) in [6.45, 7) is 3.50. The van der Waals surface area contributed by atoms with Crippen LogP contribution in [0.3, 0.4) is 0 Å². The highest BCUT2D eigenvalue weighted by Crippen LogP contribution is 2.27. The molecule has 15 heavy (non-hydrogen) atoms. The van der Waals surface area contributed by atoms with E-state index in [1.165, 1.54) is 37.8 Å². The molecule has 1 N–H and O–H groups in total. The number of piperidine rings is 1. The highest BCUT2D eigenvalue weighted by molar-refractivity contribution is 5.21. The van der Waals surface area contributed by atoms with Gasteiger partial charge in [0.1, 0.15) is 0 Å². The lowest BCUT2D eigenvalue weighted by molar-refractivity contribution is 0.344. The van der Waals surface area contributed by atoms with E-state index in [-0.39, 0.29) is 0 Å². The lowest BCUT2D eigenvalue weighted by Crippen LogP contribution is -2.38. The lowest BCUT2D eigenvalue weighted by Gasteiger charge is -2.31. The molecule has 1 saturated heterocycles. The zero-order valence-electron chi connectivity index (χ0n) is 9.58. The van der Waals surface area contributed by atoms with E-state index in [2.05, 4.69) is 42.6 Å². The van der Waals surface area contributed by atoms with Crippen LogP contribution in [0.2, 0.25) is 0 Å². The first-order chi connectivity index (χ1) is 7.42. The molecule has 2 atom stereocenters. The largest absolute Gasteiger partial charge is 0.313 e. The Hall–Kier alpha value is -0.820. The van der Waals surface area contributed by atoms with Crippen LogP contribution < -0.4 is 5.32 Å². The van der Waals surface area contributed by atoms with Gasteiger partial charge in [-0.25, -0.2) is 0 Å². The third-order valence-corrected chi connectivity index (χ3v) is 3.50. The third-order valence-electron chi connectivity index (χ3n) is 3.50. The fraction of sp³-hybridized carbons (Fsp3) is 0.571. The summed E-state index contributed by atoms with van der Waals surface area (Å²) in [5, 5.41) is 3.67. The second-order valence-electron chi connectivity index (χ2n) is 4.48. The van der Waals surface area contributed by atoms with Crippen LogP contribution in [-0.2, 0) is 0 Å². The van der Waals surface area contributed by atoms with Gasteiger partial charge >= 0.3 is 0 Å². The van der Waals surface area contributed by atoms with E-state index in [1.54, 1.807) is 0 Å². The van der Waals surface area contributed by atoms with E-state index < -0.39 is 0 Å². The van der Waals surface area contributed by atoms with Crippen molar-refractivity contribution in [2.75, 3.05) is 6.54 Å². The summed E-state index contributed by atoms with van der Waals surface area (Å²) in [6.07, 6.45) is 5.32. The fourth-order valence-electron chi connectivity index (χ4n) is 2.67. The Morgan fingerprint density at radius 3 is 2.67 bits per heavy atom. The molecule has 0 amide bonds. The molecular weight excluding hydrogens is 182 g/mol. The first-order valence-corrected chi connectivity index (χ1v) is 6.20. The average molecular weight is 203 g/mol. The Balaban J connectivity index is 2.09. The molecule has 0 spiro atoms. The minimum Gasteiger partial charge on any atom is -0.313 e. The van der Waals surface area contributed by atoms with Crippen molar-refractivity contribution >= 4 is 0 Å². The number of benzene rings is 1. The van der Waals surface area contributed by atoms with Gasteiger partial charge in [-0.05, 0) is 37.3 Å². The van der Waals surface area contributed by atoms with Gasteiger partial charge in [0.25, 0.3) is 0 Å². The predicted molar refractivity (Wildman–Crippen MR) is 65.1 cm³/mol. The molecule has 0 bridgehead atoms. The van der Waals surface area contributed by atoms with Crippen LogP contribution in [-0.4, -0.2) is 12.6 Å². The number of nitrogens with one attached hydrogen (secondary N) is 1. The quantitative estimate of drug-likeness (QED) is 0.794. The van der Waals surface area contributed by atoms with Crippen molar-refractivity contribution in [2.45, 2.75) is 44.6 Å². The molecule has 0 unspecified atom stereocenters. The minimum absolute atomic E-state index is 0.700. The van der Waals surface area contributed by atoms with Crippen molar-refractivity contribution in [3.8, 4) is 0 Å². The first-order valence-electron chi connectivity index (χ1n) is 6.20. The maximum absolute atomic E-state index is 3.67. The van der Waals surface area contributed by atoms with Gasteiger partial charge < -0.3 is 5.32 Å². The fourth-order valence-corrected chi connectivity index (χ4v) is 2.67. The van der Waals surface area contributed by atoms with E-state index in [4.69, 9.17) is 0 Å². The molecular formula is C14H21N. The number of hydrogen-bond acceptors (Lipinski definition) is 1. The Morgan fingerprint density at radius 1 is 1.27 bits per heavy atom. The molecule has 1 fully saturated rings. The van der Waals surface area contributed by atoms with E-state index in [0.29, 0.717) is 12.0 Å². The van der Waals surface area contributed by atoms with E-state index >= 15 is 0 Å². The van der Waals surface area contributed by atoms with Crippen LogP contribution in [0, 0.1) is 0 Å². The molecule has 82 valence electrons. The molecule has 0 radical (unpaired) electrons. The molecule has 1 aliphatic heterocycles. The Bertz CT molecular complexity index is 275. The Morgan fingerprint density at radius 2 is 2.07 bits per heavy atom. The van der Waals surface area contributed by atoms with Gasteiger partial charge in [0.05, 0.1) is 0 Å². The van der Waals surface area contributed by atoms with Crippen molar-refractivity contribution in [1.82, 2.24) is 5.32 Å². The second kappa shape index (κ2) is 5.32. The van der Waals surface area contributed by atoms with Crippen molar-refractivity contribution < 1.29 is 0 Å². The average Bonchev–Trinajstić information content (AvgIpc) is 2.33. The summed E-state index contributed by atoms with van der Waals surface area (Å²) < 4.78 is 0. The summed E-state index contributed by atoms with van der Waals surface area (Å²) in [5.74, 6) is 0.700. The molecule has 1 nitrogen and oxygen atoms in total. The highest BCUT2D eigenvalue weighted by atomic mass is 14.9. The number of hydrogen-bond donors (Lipinski definition) is 1. The molecule has 2 rings (SSSR count). The second-order valence-corrected chi connectivity index (χ2v) is 4.48. The monoisotopic (exact) mass is 203 g/mol. The summed E-state index contributed by atoms with van der Waals surface area (Å²) >= 11 is 0. The molecule has 1 aromatic carbocycles. The maximum atomic E-state index is 3.67. The van der Waals surface area contributed by atoms with Crippen molar-refractivity contribution in [1.29, 1.82) is 0 Å². The molecule has 1 aliphatic rings. The lowest BCUT2D eigenvalue weighted by atomic mass is 9.85. The molecule has 0 saturated carbocycles. The summed E-state index contributed by atoms with van der Waals surface area (Å²) in [4.78, 5) is 0. The summed E-state index contributed by atoms with van der Waals surface area (Å²) in [7, 11) is 0. The third kappa shape index (κ3) is 2.60. The topological polar surface area (TPSA) is 12.0 Å². The highest BCUT2D eigenvalue weighted by Gasteiger charge is 2.22. The van der Waals surface area contributed by atoms with Gasteiger partial charge in [0.2, 0.25) is 0 Å². The summed E-state index contributed by atoms with van der Waals surface area (Å²) in [5.41, 5.74) is 1.50. The normalized spacial score (nSPS) is 23.7. The van der Waals surface area contributed by atoms with Crippen LogP contribution in [0.5, 0.6) is 0 Å². The zero-order valence-corrected chi connectivity index (χ0v) is 9.58. The van der Waals surface area contributed by atoms with Crippen LogP contribution >= 0.6 is 0 Å². The van der Waals surface area contributed by atoms with Gasteiger partial charge in [-0.2, -0.15) is 0 Å². The Kier molecular flexibility index (Phi) is 3.79. The van der Waals surface area contributed by atoms with Crippen LogP contribution in [0.4, 0.5) is 0 Å². The maximum Gasteiger partial charge on any atom is 0.0136 e. The van der Waals surface area contributed by atoms with Gasteiger partial charge in [0.15, 0.2) is 0 Å². The van der Waals surface area contributed by atoms with Gasteiger partial charge in [-0.3, -0.25) is 0 Å². The van der Waals surface area contributed by atoms with E-state index in [1.807, 2.05) is 0 Å². The summed E-state index contributed by atoms with van der Waals surface area (Å²) in [6, 6.07) is 11.6. The van der Waals surface area contributed by atoms with Crippen LogP contribution in [0.15, 0.2) is 30.3 Å². The predicted octanol–water partition coefficient (Wildman–Crippen LogP) is 3.32. The number of rotatable bonds is 3. The van der Waals surface area contributed by atoms with Gasteiger partial charge in [-0.15, -0.1) is 0 Å².